The maximum absolute atomic E-state index is 13.3. The van der Waals surface area contributed by atoms with Crippen LogP contribution in [0, 0.1) is 17.5 Å². The van der Waals surface area contributed by atoms with Crippen LogP contribution in [0.5, 0.6) is 0 Å². The van der Waals surface area contributed by atoms with E-state index in [1.807, 2.05) is 0 Å². The highest BCUT2D eigenvalue weighted by Gasteiger charge is 2.07. The summed E-state index contributed by atoms with van der Waals surface area (Å²) in [5, 5.41) is 7.93. The van der Waals surface area contributed by atoms with Crippen molar-refractivity contribution in [2.45, 2.75) is 6.54 Å². The van der Waals surface area contributed by atoms with Gasteiger partial charge in [-0.1, -0.05) is 17.3 Å². The van der Waals surface area contributed by atoms with Crippen LogP contribution in [-0.2, 0) is 21.0 Å². The molecule has 0 heterocycles. The Kier molecular flexibility index (Phi) is 6.72. The van der Waals surface area contributed by atoms with Gasteiger partial charge < -0.3 is 15.5 Å². The van der Waals surface area contributed by atoms with E-state index in [9.17, 15) is 22.8 Å². The van der Waals surface area contributed by atoms with E-state index in [4.69, 9.17) is 0 Å². The lowest BCUT2D eigenvalue weighted by molar-refractivity contribution is -0.126. The van der Waals surface area contributed by atoms with Crippen LogP contribution in [0.4, 0.5) is 18.9 Å². The van der Waals surface area contributed by atoms with Gasteiger partial charge in [0.15, 0.2) is 6.61 Å². The Bertz CT molecular complexity index is 811. The summed E-state index contributed by atoms with van der Waals surface area (Å²) < 4.78 is 38.8. The van der Waals surface area contributed by atoms with Gasteiger partial charge in [-0.3, -0.25) is 9.59 Å². The number of anilines is 1. The second-order valence-corrected chi connectivity index (χ2v) is 5.02. The minimum atomic E-state index is -0.937. The molecular formula is C17H14F3N3O3. The molecule has 0 aliphatic carbocycles. The van der Waals surface area contributed by atoms with E-state index >= 15 is 0 Å². The highest BCUT2D eigenvalue weighted by molar-refractivity contribution is 6.31. The average Bonchev–Trinajstić information content (AvgIpc) is 2.61. The van der Waals surface area contributed by atoms with Crippen molar-refractivity contribution < 1.29 is 27.6 Å². The van der Waals surface area contributed by atoms with E-state index in [-0.39, 0.29) is 18.0 Å². The van der Waals surface area contributed by atoms with Crippen molar-refractivity contribution in [1.82, 2.24) is 5.32 Å². The molecule has 0 unspecified atom stereocenters. The van der Waals surface area contributed by atoms with Crippen LogP contribution < -0.4 is 10.6 Å². The van der Waals surface area contributed by atoms with Crippen molar-refractivity contribution in [3.8, 4) is 0 Å². The molecule has 0 aromatic heterocycles. The number of carbonyl (C=O) groups excluding carboxylic acids is 2. The van der Waals surface area contributed by atoms with Crippen molar-refractivity contribution in [3.05, 3.63) is 65.5 Å². The zero-order chi connectivity index (χ0) is 18.9. The Morgan fingerprint density at radius 3 is 2.42 bits per heavy atom. The van der Waals surface area contributed by atoms with E-state index in [1.54, 1.807) is 0 Å². The van der Waals surface area contributed by atoms with Gasteiger partial charge in [0.2, 0.25) is 0 Å². The minimum Gasteiger partial charge on any atom is -0.386 e. The van der Waals surface area contributed by atoms with Crippen molar-refractivity contribution in [2.75, 3.05) is 11.9 Å². The van der Waals surface area contributed by atoms with Crippen LogP contribution in [0.15, 0.2) is 47.6 Å². The zero-order valence-corrected chi connectivity index (χ0v) is 13.3. The summed E-state index contributed by atoms with van der Waals surface area (Å²) in [6.07, 6.45) is 0.704. The van der Waals surface area contributed by atoms with Gasteiger partial charge in [0.05, 0.1) is 5.69 Å². The Balaban J connectivity index is 1.69. The van der Waals surface area contributed by atoms with Gasteiger partial charge in [-0.25, -0.2) is 13.2 Å². The summed E-state index contributed by atoms with van der Waals surface area (Å²) in [6.45, 7) is -0.271. The third-order valence-electron chi connectivity index (χ3n) is 3.03. The number of halogens is 3. The lowest BCUT2D eigenvalue weighted by Crippen LogP contribution is -2.26. The van der Waals surface area contributed by atoms with Gasteiger partial charge in [0, 0.05) is 12.6 Å². The van der Waals surface area contributed by atoms with Crippen LogP contribution >= 0.6 is 0 Å². The van der Waals surface area contributed by atoms with E-state index in [0.717, 1.165) is 12.1 Å². The number of amides is 2. The van der Waals surface area contributed by atoms with Crippen molar-refractivity contribution in [3.63, 3.8) is 0 Å². The van der Waals surface area contributed by atoms with Crippen LogP contribution in [0.1, 0.15) is 5.56 Å². The summed E-state index contributed by atoms with van der Waals surface area (Å²) in [7, 11) is 0. The predicted octanol–water partition coefficient (Wildman–Crippen LogP) is 2.36. The Morgan fingerprint density at radius 2 is 1.73 bits per heavy atom. The molecule has 0 bridgehead atoms. The molecule has 0 aliphatic heterocycles. The normalized spacial score (nSPS) is 10.6. The quantitative estimate of drug-likeness (QED) is 0.584. The number of rotatable bonds is 7. The molecule has 2 rings (SSSR count). The van der Waals surface area contributed by atoms with Gasteiger partial charge in [0.1, 0.15) is 23.7 Å². The third kappa shape index (κ3) is 6.27. The van der Waals surface area contributed by atoms with E-state index < -0.39 is 30.1 Å². The summed E-state index contributed by atoms with van der Waals surface area (Å²) in [6, 6.07) is 8.24. The minimum absolute atomic E-state index is 0.177. The van der Waals surface area contributed by atoms with Crippen LogP contribution in [-0.4, -0.2) is 24.6 Å². The van der Waals surface area contributed by atoms with E-state index in [1.165, 1.54) is 24.3 Å². The molecular weight excluding hydrogens is 351 g/mol. The molecule has 2 aromatic rings. The number of oxime groups is 1. The second kappa shape index (κ2) is 9.21. The molecule has 2 aromatic carbocycles. The molecule has 2 amide bonds. The van der Waals surface area contributed by atoms with Gasteiger partial charge in [-0.15, -0.1) is 0 Å². The monoisotopic (exact) mass is 365 g/mol. The maximum atomic E-state index is 13.3. The first-order valence-corrected chi connectivity index (χ1v) is 7.36. The fourth-order valence-electron chi connectivity index (χ4n) is 1.79. The van der Waals surface area contributed by atoms with Gasteiger partial charge in [-0.2, -0.15) is 0 Å². The molecule has 0 saturated carbocycles. The van der Waals surface area contributed by atoms with Crippen LogP contribution in [0.2, 0.25) is 0 Å². The fourth-order valence-corrected chi connectivity index (χ4v) is 1.79. The summed E-state index contributed by atoms with van der Waals surface area (Å²) in [5.41, 5.74) is 0.476. The Morgan fingerprint density at radius 1 is 1.04 bits per heavy atom. The van der Waals surface area contributed by atoms with Gasteiger partial charge >= 0.3 is 0 Å². The topological polar surface area (TPSA) is 79.8 Å². The van der Waals surface area contributed by atoms with Crippen LogP contribution in [0.25, 0.3) is 0 Å². The molecule has 26 heavy (non-hydrogen) atoms. The molecule has 0 spiro atoms. The first-order chi connectivity index (χ1) is 12.4. The number of hydrogen-bond donors (Lipinski definition) is 2. The zero-order valence-electron chi connectivity index (χ0n) is 13.3. The molecule has 0 fully saturated rings. The number of hydrogen-bond acceptors (Lipinski definition) is 4. The van der Waals surface area contributed by atoms with Crippen molar-refractivity contribution >= 4 is 23.7 Å². The summed E-state index contributed by atoms with van der Waals surface area (Å²) >= 11 is 0. The Hall–Kier alpha value is -3.36. The lowest BCUT2D eigenvalue weighted by Gasteiger charge is -2.05. The van der Waals surface area contributed by atoms with Crippen molar-refractivity contribution in [2.24, 2.45) is 5.16 Å². The molecule has 6 nitrogen and oxygen atoms in total. The number of nitrogens with zero attached hydrogens (tertiary/aromatic N) is 1. The lowest BCUT2D eigenvalue weighted by atomic mass is 10.2. The molecule has 0 radical (unpaired) electrons. The SMILES string of the molecule is O=C(/C=N/OCC(=O)NCc1ccc(F)cc1)Nc1ccc(F)cc1F. The summed E-state index contributed by atoms with van der Waals surface area (Å²) in [4.78, 5) is 27.7. The largest absolute Gasteiger partial charge is 0.386 e. The predicted molar refractivity (Wildman–Crippen MR) is 87.7 cm³/mol. The molecule has 2 N–H and O–H groups in total. The number of nitrogens with one attached hydrogen (secondary N) is 2. The highest BCUT2D eigenvalue weighted by atomic mass is 19.1. The van der Waals surface area contributed by atoms with Crippen LogP contribution in [0.3, 0.4) is 0 Å². The number of carbonyl (C=O) groups is 2. The average molecular weight is 365 g/mol. The number of benzene rings is 2. The van der Waals surface area contributed by atoms with Crippen molar-refractivity contribution in [1.29, 1.82) is 0 Å². The molecule has 0 atom stereocenters. The highest BCUT2D eigenvalue weighted by Crippen LogP contribution is 2.14. The molecule has 9 heteroatoms. The maximum Gasteiger partial charge on any atom is 0.270 e. The van der Waals surface area contributed by atoms with E-state index in [2.05, 4.69) is 20.6 Å². The summed E-state index contributed by atoms with van der Waals surface area (Å²) in [5.74, 6) is -3.41. The standard InChI is InChI=1S/C17H14F3N3O3/c18-12-3-1-11(2-4-12)8-21-17(25)10-26-22-9-16(24)23-15-6-5-13(19)7-14(15)20/h1-7,9H,8,10H2,(H,21,25)(H,23,24)/b22-9+. The molecule has 136 valence electrons. The van der Waals surface area contributed by atoms with E-state index in [0.29, 0.717) is 17.8 Å². The van der Waals surface area contributed by atoms with Gasteiger partial charge in [-0.05, 0) is 29.8 Å². The Labute approximate surface area is 146 Å². The first kappa shape index (κ1) is 19.0. The second-order valence-electron chi connectivity index (χ2n) is 5.02. The van der Waals surface area contributed by atoms with Gasteiger partial charge in [0.25, 0.3) is 11.8 Å². The molecule has 0 saturated heterocycles. The smallest absolute Gasteiger partial charge is 0.270 e. The molecule has 0 aliphatic rings. The first-order valence-electron chi connectivity index (χ1n) is 7.36. The third-order valence-corrected chi connectivity index (χ3v) is 3.03. The fraction of sp³-hybridized carbons (Fsp3) is 0.118.